The van der Waals surface area contributed by atoms with Crippen LogP contribution in [0.1, 0.15) is 24.3 Å². The number of hydrogen-bond acceptors (Lipinski definition) is 4. The molecule has 0 aliphatic carbocycles. The third-order valence-electron chi connectivity index (χ3n) is 6.18. The molecule has 5 aromatic rings. The molecule has 1 saturated heterocycles. The lowest BCUT2D eigenvalue weighted by Crippen LogP contribution is -2.26. The molecule has 6 nitrogen and oxygen atoms in total. The van der Waals surface area contributed by atoms with Gasteiger partial charge in [-0.2, -0.15) is 5.10 Å². The van der Waals surface area contributed by atoms with Crippen molar-refractivity contribution in [1.29, 1.82) is 0 Å². The molecule has 1 aromatic carbocycles. The second-order valence-electron chi connectivity index (χ2n) is 8.04. The van der Waals surface area contributed by atoms with Crippen molar-refractivity contribution in [2.75, 3.05) is 13.1 Å². The fourth-order valence-electron chi connectivity index (χ4n) is 4.55. The van der Waals surface area contributed by atoms with Crippen LogP contribution < -0.4 is 5.32 Å². The Morgan fingerprint density at radius 1 is 0.935 bits per heavy atom. The van der Waals surface area contributed by atoms with Crippen molar-refractivity contribution >= 4 is 21.9 Å². The van der Waals surface area contributed by atoms with Gasteiger partial charge in [0.05, 0.1) is 11.4 Å². The zero-order valence-electron chi connectivity index (χ0n) is 16.8. The Morgan fingerprint density at radius 2 is 1.81 bits per heavy atom. The number of nitrogens with one attached hydrogen (secondary N) is 3. The molecule has 3 N–H and O–H groups in total. The molecular weight excluding hydrogens is 391 g/mol. The highest BCUT2D eigenvalue weighted by Crippen LogP contribution is 2.34. The number of aromatic amines is 2. The van der Waals surface area contributed by atoms with Gasteiger partial charge in [0.15, 0.2) is 5.65 Å². The van der Waals surface area contributed by atoms with E-state index in [1.54, 1.807) is 18.3 Å². The van der Waals surface area contributed by atoms with Crippen LogP contribution in [-0.4, -0.2) is 38.2 Å². The molecule has 0 radical (unpaired) electrons. The van der Waals surface area contributed by atoms with E-state index in [0.717, 1.165) is 59.3 Å². The van der Waals surface area contributed by atoms with E-state index in [0.29, 0.717) is 17.2 Å². The normalized spacial score (nSPS) is 15.1. The molecule has 31 heavy (non-hydrogen) atoms. The Hall–Kier alpha value is -3.58. The second kappa shape index (κ2) is 7.28. The number of benzene rings is 1. The molecule has 0 spiro atoms. The molecule has 4 aromatic heterocycles. The van der Waals surface area contributed by atoms with Crippen molar-refractivity contribution in [2.45, 2.75) is 18.8 Å². The summed E-state index contributed by atoms with van der Waals surface area (Å²) in [6, 6.07) is 12.8. The lowest BCUT2D eigenvalue weighted by atomic mass is 9.91. The number of H-pyrrole nitrogens is 2. The topological polar surface area (TPSA) is 82.3 Å². The molecule has 6 rings (SSSR count). The summed E-state index contributed by atoms with van der Waals surface area (Å²) >= 11 is 0. The van der Waals surface area contributed by atoms with Crippen molar-refractivity contribution in [3.63, 3.8) is 0 Å². The smallest absolute Gasteiger partial charge is 0.155 e. The van der Waals surface area contributed by atoms with Crippen molar-refractivity contribution in [3.8, 4) is 22.6 Å². The Morgan fingerprint density at radius 3 is 2.68 bits per heavy atom. The van der Waals surface area contributed by atoms with Gasteiger partial charge in [0, 0.05) is 34.2 Å². The highest BCUT2D eigenvalue weighted by Gasteiger charge is 2.19. The molecule has 7 heteroatoms. The van der Waals surface area contributed by atoms with Crippen molar-refractivity contribution < 1.29 is 4.39 Å². The van der Waals surface area contributed by atoms with E-state index in [4.69, 9.17) is 0 Å². The van der Waals surface area contributed by atoms with Crippen LogP contribution in [-0.2, 0) is 0 Å². The maximum Gasteiger partial charge on any atom is 0.155 e. The summed E-state index contributed by atoms with van der Waals surface area (Å²) in [6.45, 7) is 2.07. The summed E-state index contributed by atoms with van der Waals surface area (Å²) in [7, 11) is 0. The lowest BCUT2D eigenvalue weighted by molar-refractivity contribution is 0.460. The van der Waals surface area contributed by atoms with Gasteiger partial charge in [0.2, 0.25) is 0 Å². The predicted octanol–water partition coefficient (Wildman–Crippen LogP) is 4.77. The number of piperidine rings is 1. The third-order valence-corrected chi connectivity index (χ3v) is 6.18. The number of rotatable bonds is 3. The summed E-state index contributed by atoms with van der Waals surface area (Å²) in [5.41, 5.74) is 5.68. The first-order valence-corrected chi connectivity index (χ1v) is 10.6. The van der Waals surface area contributed by atoms with Gasteiger partial charge in [0.25, 0.3) is 0 Å². The van der Waals surface area contributed by atoms with E-state index in [1.165, 1.54) is 11.6 Å². The van der Waals surface area contributed by atoms with E-state index < -0.39 is 0 Å². The Bertz CT molecular complexity index is 1400. The number of fused-ring (bicyclic) bond motifs is 2. The molecule has 0 bridgehead atoms. The number of aromatic nitrogens is 5. The van der Waals surface area contributed by atoms with Crippen LogP contribution in [0, 0.1) is 5.82 Å². The van der Waals surface area contributed by atoms with Gasteiger partial charge in [0.1, 0.15) is 11.5 Å². The van der Waals surface area contributed by atoms with Gasteiger partial charge in [-0.25, -0.2) is 9.37 Å². The lowest BCUT2D eigenvalue weighted by Gasteiger charge is -2.22. The van der Waals surface area contributed by atoms with Gasteiger partial charge >= 0.3 is 0 Å². The third kappa shape index (κ3) is 3.09. The summed E-state index contributed by atoms with van der Waals surface area (Å²) < 4.78 is 14.4. The minimum Gasteiger partial charge on any atom is -0.353 e. The zero-order valence-corrected chi connectivity index (χ0v) is 16.8. The first-order valence-electron chi connectivity index (χ1n) is 10.6. The van der Waals surface area contributed by atoms with E-state index in [2.05, 4.69) is 36.5 Å². The quantitative estimate of drug-likeness (QED) is 0.399. The maximum absolute atomic E-state index is 14.4. The molecule has 1 fully saturated rings. The minimum atomic E-state index is -0.286. The van der Waals surface area contributed by atoms with Crippen LogP contribution in [0.4, 0.5) is 4.39 Å². The number of halogens is 1. The summed E-state index contributed by atoms with van der Waals surface area (Å²) in [5, 5.41) is 12.9. The number of pyridine rings is 2. The van der Waals surface area contributed by atoms with Gasteiger partial charge in [-0.3, -0.25) is 10.1 Å². The van der Waals surface area contributed by atoms with Crippen molar-refractivity contribution in [2.24, 2.45) is 0 Å². The molecule has 5 heterocycles. The molecular formula is C24H21FN6. The van der Waals surface area contributed by atoms with Crippen LogP contribution in [0.5, 0.6) is 0 Å². The first kappa shape index (κ1) is 18.2. The number of nitrogens with zero attached hydrogens (tertiary/aromatic N) is 3. The molecule has 154 valence electrons. The van der Waals surface area contributed by atoms with Gasteiger partial charge < -0.3 is 10.3 Å². The van der Waals surface area contributed by atoms with Crippen LogP contribution in [0.25, 0.3) is 44.6 Å². The van der Waals surface area contributed by atoms with E-state index in [9.17, 15) is 4.39 Å². The van der Waals surface area contributed by atoms with E-state index in [-0.39, 0.29) is 5.82 Å². The van der Waals surface area contributed by atoms with E-state index in [1.807, 2.05) is 24.4 Å². The van der Waals surface area contributed by atoms with Crippen molar-refractivity contribution in [3.05, 3.63) is 66.2 Å². The standard InChI is InChI=1S/C24H21FN6/c25-19-4-2-1-3-16(19)22-17-12-21(29-20(17)7-10-27-22)23-18-11-15(13-28-24(18)31-30-23)14-5-8-26-9-6-14/h1-4,7,10-14,26,29H,5-6,8-9H2,(H,28,30,31). The molecule has 0 amide bonds. The maximum atomic E-state index is 14.4. The Kier molecular flexibility index (Phi) is 4.28. The molecule has 0 saturated carbocycles. The highest BCUT2D eigenvalue weighted by molar-refractivity contribution is 5.99. The van der Waals surface area contributed by atoms with Crippen LogP contribution in [0.3, 0.4) is 0 Å². The SMILES string of the molecule is Fc1ccccc1-c1nccc2[nH]c(-c3n[nH]c4ncc(C5CCNCC5)cc34)cc12. The fraction of sp³-hybridized carbons (Fsp3) is 0.208. The number of hydrogen-bond donors (Lipinski definition) is 3. The largest absolute Gasteiger partial charge is 0.353 e. The van der Waals surface area contributed by atoms with Gasteiger partial charge in [-0.05, 0) is 67.7 Å². The average molecular weight is 412 g/mol. The molecule has 1 aliphatic heterocycles. The van der Waals surface area contributed by atoms with Crippen LogP contribution in [0.2, 0.25) is 0 Å². The Balaban J connectivity index is 1.48. The summed E-state index contributed by atoms with van der Waals surface area (Å²) in [5.74, 6) is 0.228. The second-order valence-corrected chi connectivity index (χ2v) is 8.04. The molecule has 0 atom stereocenters. The van der Waals surface area contributed by atoms with Crippen molar-refractivity contribution in [1.82, 2.24) is 30.5 Å². The van der Waals surface area contributed by atoms with Gasteiger partial charge in [-0.1, -0.05) is 12.1 Å². The Labute approximate surface area is 177 Å². The van der Waals surface area contributed by atoms with Gasteiger partial charge in [-0.15, -0.1) is 0 Å². The monoisotopic (exact) mass is 412 g/mol. The average Bonchev–Trinajstić information content (AvgIpc) is 3.43. The van der Waals surface area contributed by atoms with E-state index >= 15 is 0 Å². The summed E-state index contributed by atoms with van der Waals surface area (Å²) in [6.07, 6.45) is 5.89. The first-order chi connectivity index (χ1) is 15.3. The zero-order chi connectivity index (χ0) is 20.8. The fourth-order valence-corrected chi connectivity index (χ4v) is 4.55. The van der Waals surface area contributed by atoms with Crippen LogP contribution >= 0.6 is 0 Å². The molecule has 1 aliphatic rings. The van der Waals surface area contributed by atoms with Crippen LogP contribution in [0.15, 0.2) is 54.9 Å². The minimum absolute atomic E-state index is 0.286. The predicted molar refractivity (Wildman–Crippen MR) is 119 cm³/mol. The molecule has 0 unspecified atom stereocenters. The summed E-state index contributed by atoms with van der Waals surface area (Å²) in [4.78, 5) is 12.5. The highest BCUT2D eigenvalue weighted by atomic mass is 19.1.